The van der Waals surface area contributed by atoms with Crippen LogP contribution in [0.15, 0.2) is 30.3 Å². The summed E-state index contributed by atoms with van der Waals surface area (Å²) in [6.07, 6.45) is 0. The van der Waals surface area contributed by atoms with Crippen molar-refractivity contribution in [1.29, 1.82) is 5.26 Å². The van der Waals surface area contributed by atoms with Crippen molar-refractivity contribution < 1.29 is 4.39 Å². The molecule has 1 heterocycles. The van der Waals surface area contributed by atoms with Crippen molar-refractivity contribution in [3.63, 3.8) is 0 Å². The molecule has 0 aliphatic carbocycles. The maximum atomic E-state index is 12.8. The molecule has 1 aromatic carbocycles. The largest absolute Gasteiger partial charge is 0.277 e. The zero-order valence-corrected chi connectivity index (χ0v) is 7.16. The van der Waals surface area contributed by atoms with E-state index in [0.717, 1.165) is 0 Å². The number of aromatic nitrogens is 2. The first-order valence-electron chi connectivity index (χ1n) is 4.01. The van der Waals surface area contributed by atoms with Crippen molar-refractivity contribution in [3.05, 3.63) is 41.8 Å². The molecule has 0 unspecified atom stereocenters. The van der Waals surface area contributed by atoms with Gasteiger partial charge in [0.2, 0.25) is 0 Å². The van der Waals surface area contributed by atoms with E-state index in [1.165, 1.54) is 12.1 Å². The Morgan fingerprint density at radius 2 is 2.21 bits per heavy atom. The monoisotopic (exact) mass is 187 g/mol. The van der Waals surface area contributed by atoms with Gasteiger partial charge in [0.05, 0.1) is 5.69 Å². The molecule has 0 amide bonds. The van der Waals surface area contributed by atoms with Crippen LogP contribution in [0.2, 0.25) is 0 Å². The Bertz CT molecular complexity index is 496. The Morgan fingerprint density at radius 3 is 2.86 bits per heavy atom. The molecule has 0 saturated carbocycles. The van der Waals surface area contributed by atoms with E-state index in [2.05, 4.69) is 10.2 Å². The molecule has 0 spiro atoms. The van der Waals surface area contributed by atoms with Gasteiger partial charge in [-0.25, -0.2) is 4.39 Å². The summed E-state index contributed by atoms with van der Waals surface area (Å²) >= 11 is 0. The van der Waals surface area contributed by atoms with Gasteiger partial charge in [0.15, 0.2) is 5.69 Å². The molecule has 2 rings (SSSR count). The lowest BCUT2D eigenvalue weighted by molar-refractivity contribution is 0.628. The minimum atomic E-state index is -0.310. The summed E-state index contributed by atoms with van der Waals surface area (Å²) in [5.41, 5.74) is 1.62. The molecule has 3 nitrogen and oxygen atoms in total. The van der Waals surface area contributed by atoms with E-state index in [9.17, 15) is 4.39 Å². The van der Waals surface area contributed by atoms with Crippen molar-refractivity contribution in [1.82, 2.24) is 10.2 Å². The van der Waals surface area contributed by atoms with Crippen LogP contribution in [0.4, 0.5) is 4.39 Å². The van der Waals surface area contributed by atoms with E-state index in [1.807, 2.05) is 6.07 Å². The zero-order chi connectivity index (χ0) is 9.97. The average molecular weight is 187 g/mol. The van der Waals surface area contributed by atoms with Crippen LogP contribution in [0, 0.1) is 17.1 Å². The summed E-state index contributed by atoms with van der Waals surface area (Å²) < 4.78 is 12.8. The lowest BCUT2D eigenvalue weighted by Gasteiger charge is -1.95. The maximum Gasteiger partial charge on any atom is 0.162 e. The Balaban J connectivity index is 2.45. The number of nitrogens with zero attached hydrogens (tertiary/aromatic N) is 2. The van der Waals surface area contributed by atoms with Gasteiger partial charge < -0.3 is 0 Å². The highest BCUT2D eigenvalue weighted by atomic mass is 19.1. The van der Waals surface area contributed by atoms with Crippen LogP contribution >= 0.6 is 0 Å². The van der Waals surface area contributed by atoms with Crippen molar-refractivity contribution in [2.45, 2.75) is 0 Å². The number of nitrogens with one attached hydrogen (secondary N) is 1. The summed E-state index contributed by atoms with van der Waals surface area (Å²) in [7, 11) is 0. The van der Waals surface area contributed by atoms with Crippen LogP contribution in [0.5, 0.6) is 0 Å². The van der Waals surface area contributed by atoms with E-state index in [4.69, 9.17) is 5.26 Å². The third-order valence-corrected chi connectivity index (χ3v) is 1.83. The molecule has 14 heavy (non-hydrogen) atoms. The molecular formula is C10H6FN3. The van der Waals surface area contributed by atoms with Gasteiger partial charge in [-0.15, -0.1) is 0 Å². The minimum absolute atomic E-state index is 0.296. The second-order valence-corrected chi connectivity index (χ2v) is 2.79. The van der Waals surface area contributed by atoms with E-state index >= 15 is 0 Å². The molecule has 1 N–H and O–H groups in total. The molecule has 0 fully saturated rings. The predicted molar refractivity (Wildman–Crippen MR) is 48.7 cm³/mol. The molecule has 0 aliphatic heterocycles. The predicted octanol–water partition coefficient (Wildman–Crippen LogP) is 2.09. The van der Waals surface area contributed by atoms with Crippen LogP contribution < -0.4 is 0 Å². The average Bonchev–Trinajstić information content (AvgIpc) is 2.66. The van der Waals surface area contributed by atoms with E-state index in [0.29, 0.717) is 17.0 Å². The number of aromatic amines is 1. The lowest BCUT2D eigenvalue weighted by Crippen LogP contribution is -1.79. The van der Waals surface area contributed by atoms with E-state index < -0.39 is 0 Å². The number of benzene rings is 1. The van der Waals surface area contributed by atoms with Gasteiger partial charge in [0.25, 0.3) is 0 Å². The molecule has 0 saturated heterocycles. The van der Waals surface area contributed by atoms with Gasteiger partial charge in [-0.1, -0.05) is 12.1 Å². The molecular weight excluding hydrogens is 181 g/mol. The van der Waals surface area contributed by atoms with Gasteiger partial charge in [0.1, 0.15) is 11.9 Å². The van der Waals surface area contributed by atoms with Crippen molar-refractivity contribution >= 4 is 0 Å². The standard InChI is InChI=1S/C10H6FN3/c11-8-3-1-2-7(4-8)10-5-9(6-12)13-14-10/h1-5H,(H,13,14). The van der Waals surface area contributed by atoms with Crippen molar-refractivity contribution in [2.75, 3.05) is 0 Å². The molecule has 0 bridgehead atoms. The van der Waals surface area contributed by atoms with Gasteiger partial charge >= 0.3 is 0 Å². The molecule has 0 aliphatic rings. The van der Waals surface area contributed by atoms with Gasteiger partial charge in [-0.05, 0) is 12.1 Å². The lowest BCUT2D eigenvalue weighted by atomic mass is 10.1. The topological polar surface area (TPSA) is 52.5 Å². The van der Waals surface area contributed by atoms with Crippen LogP contribution in [0.25, 0.3) is 11.3 Å². The fourth-order valence-corrected chi connectivity index (χ4v) is 1.18. The number of hydrogen-bond acceptors (Lipinski definition) is 2. The molecule has 68 valence electrons. The van der Waals surface area contributed by atoms with Crippen LogP contribution in [-0.4, -0.2) is 10.2 Å². The van der Waals surface area contributed by atoms with Crippen molar-refractivity contribution in [3.8, 4) is 17.3 Å². The number of hydrogen-bond donors (Lipinski definition) is 1. The SMILES string of the molecule is N#Cc1cc(-c2cccc(F)c2)[nH]n1. The summed E-state index contributed by atoms with van der Waals surface area (Å²) in [6, 6.07) is 9.58. The van der Waals surface area contributed by atoms with Gasteiger partial charge in [-0.2, -0.15) is 10.4 Å². The maximum absolute atomic E-state index is 12.8. The van der Waals surface area contributed by atoms with Crippen molar-refractivity contribution in [2.24, 2.45) is 0 Å². The number of nitriles is 1. The Labute approximate surface area is 79.8 Å². The Morgan fingerprint density at radius 1 is 1.36 bits per heavy atom. The third kappa shape index (κ3) is 1.48. The highest BCUT2D eigenvalue weighted by Crippen LogP contribution is 2.17. The molecule has 0 radical (unpaired) electrons. The molecule has 0 atom stereocenters. The fraction of sp³-hybridized carbons (Fsp3) is 0. The smallest absolute Gasteiger partial charge is 0.162 e. The van der Waals surface area contributed by atoms with Gasteiger partial charge in [-0.3, -0.25) is 5.10 Å². The van der Waals surface area contributed by atoms with Gasteiger partial charge in [0, 0.05) is 11.6 Å². The fourth-order valence-electron chi connectivity index (χ4n) is 1.18. The Hall–Kier alpha value is -2.15. The van der Waals surface area contributed by atoms with E-state index in [-0.39, 0.29) is 5.82 Å². The highest BCUT2D eigenvalue weighted by Gasteiger charge is 2.03. The van der Waals surface area contributed by atoms with E-state index in [1.54, 1.807) is 18.2 Å². The first-order chi connectivity index (χ1) is 6.79. The molecule has 1 aromatic heterocycles. The Kier molecular flexibility index (Phi) is 1.99. The summed E-state index contributed by atoms with van der Waals surface area (Å²) in [4.78, 5) is 0. The first kappa shape index (κ1) is 8.45. The van der Waals surface area contributed by atoms with Crippen LogP contribution in [0.1, 0.15) is 5.69 Å². The summed E-state index contributed by atoms with van der Waals surface area (Å²) in [5, 5.41) is 14.9. The summed E-state index contributed by atoms with van der Waals surface area (Å²) in [5.74, 6) is -0.310. The second kappa shape index (κ2) is 3.30. The minimum Gasteiger partial charge on any atom is -0.277 e. The summed E-state index contributed by atoms with van der Waals surface area (Å²) in [6.45, 7) is 0. The quantitative estimate of drug-likeness (QED) is 0.743. The zero-order valence-electron chi connectivity index (χ0n) is 7.16. The molecule has 4 heteroatoms. The number of halogens is 1. The molecule has 2 aromatic rings. The van der Waals surface area contributed by atoms with Crippen LogP contribution in [0.3, 0.4) is 0 Å². The number of H-pyrrole nitrogens is 1. The number of rotatable bonds is 1. The normalized spacial score (nSPS) is 9.71. The first-order valence-corrected chi connectivity index (χ1v) is 4.01. The van der Waals surface area contributed by atoms with Crippen LogP contribution in [-0.2, 0) is 0 Å². The highest BCUT2D eigenvalue weighted by molar-refractivity contribution is 5.59. The second-order valence-electron chi connectivity index (χ2n) is 2.79. The third-order valence-electron chi connectivity index (χ3n) is 1.83.